The number of benzene rings is 2. The average molecular weight is 347 g/mol. The number of hydrogen-bond donors (Lipinski definition) is 1. The largest absolute Gasteiger partial charge is 0.385 e. The highest BCUT2D eigenvalue weighted by molar-refractivity contribution is 5.63. The third-order valence-electron chi connectivity index (χ3n) is 5.45. The molecule has 0 atom stereocenters. The fraction of sp³-hybridized carbons (Fsp3) is 0.318. The van der Waals surface area contributed by atoms with Gasteiger partial charge in [-0.25, -0.2) is 4.98 Å². The summed E-state index contributed by atoms with van der Waals surface area (Å²) in [6, 6.07) is 18.8. The molecule has 3 aromatic rings. The normalized spacial score (nSPS) is 17.3. The first-order chi connectivity index (χ1) is 12.7. The van der Waals surface area contributed by atoms with Gasteiger partial charge in [0.25, 0.3) is 0 Å². The van der Waals surface area contributed by atoms with Gasteiger partial charge in [0.1, 0.15) is 0 Å². The van der Waals surface area contributed by atoms with Crippen molar-refractivity contribution in [2.24, 2.45) is 0 Å². The Balaban J connectivity index is 1.37. The van der Waals surface area contributed by atoms with Crippen molar-refractivity contribution in [3.63, 3.8) is 0 Å². The number of imidazole rings is 1. The van der Waals surface area contributed by atoms with Gasteiger partial charge in [0.15, 0.2) is 0 Å². The molecular weight excluding hydrogens is 322 g/mol. The molecule has 134 valence electrons. The number of aromatic nitrogens is 2. The van der Waals surface area contributed by atoms with E-state index in [4.69, 9.17) is 0 Å². The van der Waals surface area contributed by atoms with Gasteiger partial charge >= 0.3 is 0 Å². The highest BCUT2D eigenvalue weighted by Crippen LogP contribution is 2.34. The summed E-state index contributed by atoms with van der Waals surface area (Å²) >= 11 is 0. The lowest BCUT2D eigenvalue weighted by Gasteiger charge is -2.38. The van der Waals surface area contributed by atoms with E-state index in [0.717, 1.165) is 44.6 Å². The topological polar surface area (TPSA) is 41.3 Å². The van der Waals surface area contributed by atoms with Crippen molar-refractivity contribution in [1.29, 1.82) is 0 Å². The monoisotopic (exact) mass is 347 g/mol. The number of nitrogens with zero attached hydrogens (tertiary/aromatic N) is 3. The Morgan fingerprint density at radius 1 is 0.885 bits per heavy atom. The summed E-state index contributed by atoms with van der Waals surface area (Å²) in [6.07, 6.45) is 7.22. The summed E-state index contributed by atoms with van der Waals surface area (Å²) in [6.45, 7) is 3.79. The van der Waals surface area contributed by atoms with Crippen LogP contribution in [0.15, 0.2) is 73.3 Å². The first-order valence-electron chi connectivity index (χ1n) is 9.29. The van der Waals surface area contributed by atoms with E-state index in [1.165, 1.54) is 11.1 Å². The molecule has 0 aliphatic carbocycles. The molecule has 1 aliphatic heterocycles. The van der Waals surface area contributed by atoms with Gasteiger partial charge in [-0.2, -0.15) is 0 Å². The Hall–Kier alpha value is -2.43. The first kappa shape index (κ1) is 17.0. The molecular formula is C22H25N3O. The van der Waals surface area contributed by atoms with Gasteiger partial charge in [-0.1, -0.05) is 54.6 Å². The fourth-order valence-corrected chi connectivity index (χ4v) is 3.71. The molecule has 1 N–H and O–H groups in total. The second-order valence-electron chi connectivity index (χ2n) is 7.12. The lowest BCUT2D eigenvalue weighted by molar-refractivity contribution is -0.0264. The SMILES string of the molecule is OC1(c2ccc(-c3ccccc3)cc2)CCN(CCn2ccnc2)CC1. The van der Waals surface area contributed by atoms with Crippen LogP contribution in [0.5, 0.6) is 0 Å². The minimum atomic E-state index is -0.708. The highest BCUT2D eigenvalue weighted by atomic mass is 16.3. The van der Waals surface area contributed by atoms with Crippen LogP contribution < -0.4 is 0 Å². The average Bonchev–Trinajstić information content (AvgIpc) is 3.22. The van der Waals surface area contributed by atoms with Crippen LogP contribution in [-0.4, -0.2) is 39.2 Å². The standard InChI is InChI=1S/C22H25N3O/c26-22(10-13-24(14-11-22)16-17-25-15-12-23-18-25)21-8-6-20(7-9-21)19-4-2-1-3-5-19/h1-9,12,15,18,26H,10-11,13-14,16-17H2. The van der Waals surface area contributed by atoms with Gasteiger partial charge in [0, 0.05) is 38.6 Å². The van der Waals surface area contributed by atoms with Crippen LogP contribution in [0.25, 0.3) is 11.1 Å². The molecule has 4 heteroatoms. The van der Waals surface area contributed by atoms with Crippen molar-refractivity contribution < 1.29 is 5.11 Å². The van der Waals surface area contributed by atoms with Gasteiger partial charge < -0.3 is 14.6 Å². The van der Waals surface area contributed by atoms with Crippen LogP contribution >= 0.6 is 0 Å². The van der Waals surface area contributed by atoms with E-state index in [9.17, 15) is 5.11 Å². The minimum Gasteiger partial charge on any atom is -0.385 e. The predicted octanol–water partition coefficient (Wildman–Crippen LogP) is 3.53. The third kappa shape index (κ3) is 3.71. The summed E-state index contributed by atoms with van der Waals surface area (Å²) in [7, 11) is 0. The Kier molecular flexibility index (Phi) is 4.87. The molecule has 1 fully saturated rings. The highest BCUT2D eigenvalue weighted by Gasteiger charge is 2.33. The predicted molar refractivity (Wildman–Crippen MR) is 104 cm³/mol. The summed E-state index contributed by atoms with van der Waals surface area (Å²) in [5, 5.41) is 11.1. The van der Waals surface area contributed by atoms with E-state index < -0.39 is 5.60 Å². The maximum Gasteiger partial charge on any atom is 0.0946 e. The Morgan fingerprint density at radius 2 is 1.58 bits per heavy atom. The molecule has 0 radical (unpaired) electrons. The van der Waals surface area contributed by atoms with Crippen molar-refractivity contribution >= 4 is 0 Å². The Morgan fingerprint density at radius 3 is 2.23 bits per heavy atom. The molecule has 2 heterocycles. The minimum absolute atomic E-state index is 0.708. The fourth-order valence-electron chi connectivity index (χ4n) is 3.71. The van der Waals surface area contributed by atoms with Gasteiger partial charge in [0.05, 0.1) is 11.9 Å². The van der Waals surface area contributed by atoms with Crippen LogP contribution in [0.3, 0.4) is 0 Å². The maximum atomic E-state index is 11.1. The molecule has 4 rings (SSSR count). The van der Waals surface area contributed by atoms with Crippen LogP contribution in [0.4, 0.5) is 0 Å². The van der Waals surface area contributed by atoms with E-state index in [0.29, 0.717) is 0 Å². The zero-order valence-corrected chi connectivity index (χ0v) is 15.0. The number of hydrogen-bond acceptors (Lipinski definition) is 3. The molecule has 1 aliphatic rings. The van der Waals surface area contributed by atoms with Crippen LogP contribution in [-0.2, 0) is 12.1 Å². The summed E-state index contributed by atoms with van der Waals surface area (Å²) in [5.41, 5.74) is 2.73. The van der Waals surface area contributed by atoms with Gasteiger partial charge in [-0.15, -0.1) is 0 Å². The van der Waals surface area contributed by atoms with E-state index in [1.54, 1.807) is 0 Å². The molecule has 0 bridgehead atoms. The van der Waals surface area contributed by atoms with Crippen molar-refractivity contribution in [3.05, 3.63) is 78.9 Å². The molecule has 0 spiro atoms. The number of piperidine rings is 1. The van der Waals surface area contributed by atoms with Crippen LogP contribution in [0.2, 0.25) is 0 Å². The van der Waals surface area contributed by atoms with Gasteiger partial charge in [-0.3, -0.25) is 0 Å². The van der Waals surface area contributed by atoms with Crippen molar-refractivity contribution in [2.45, 2.75) is 25.0 Å². The van der Waals surface area contributed by atoms with E-state index in [-0.39, 0.29) is 0 Å². The Bertz CT molecular complexity index is 804. The quantitative estimate of drug-likeness (QED) is 0.768. The van der Waals surface area contributed by atoms with Crippen molar-refractivity contribution in [2.75, 3.05) is 19.6 Å². The second kappa shape index (κ2) is 7.44. The molecule has 0 saturated carbocycles. The van der Waals surface area contributed by atoms with Crippen LogP contribution in [0.1, 0.15) is 18.4 Å². The molecule has 1 saturated heterocycles. The summed E-state index contributed by atoms with van der Waals surface area (Å²) < 4.78 is 2.10. The molecule has 26 heavy (non-hydrogen) atoms. The zero-order chi connectivity index (χ0) is 17.8. The molecule has 4 nitrogen and oxygen atoms in total. The Labute approximate surface area is 154 Å². The lowest BCUT2D eigenvalue weighted by atomic mass is 9.84. The number of aliphatic hydroxyl groups is 1. The molecule has 2 aromatic carbocycles. The number of rotatable bonds is 5. The molecule has 0 unspecified atom stereocenters. The smallest absolute Gasteiger partial charge is 0.0946 e. The van der Waals surface area contributed by atoms with Gasteiger partial charge in [0.2, 0.25) is 0 Å². The van der Waals surface area contributed by atoms with Crippen LogP contribution in [0, 0.1) is 0 Å². The lowest BCUT2D eigenvalue weighted by Crippen LogP contribution is -2.43. The zero-order valence-electron chi connectivity index (χ0n) is 15.0. The van der Waals surface area contributed by atoms with Gasteiger partial charge in [-0.05, 0) is 29.5 Å². The molecule has 0 amide bonds. The van der Waals surface area contributed by atoms with E-state index in [1.807, 2.05) is 24.8 Å². The first-order valence-corrected chi connectivity index (χ1v) is 9.29. The third-order valence-corrected chi connectivity index (χ3v) is 5.45. The maximum absolute atomic E-state index is 11.1. The van der Waals surface area contributed by atoms with Crippen molar-refractivity contribution in [3.8, 4) is 11.1 Å². The second-order valence-corrected chi connectivity index (χ2v) is 7.12. The molecule has 1 aromatic heterocycles. The summed E-state index contributed by atoms with van der Waals surface area (Å²) in [4.78, 5) is 6.51. The van der Waals surface area contributed by atoms with E-state index in [2.05, 4.69) is 63.0 Å². The summed E-state index contributed by atoms with van der Waals surface area (Å²) in [5.74, 6) is 0. The van der Waals surface area contributed by atoms with E-state index >= 15 is 0 Å². The number of likely N-dealkylation sites (tertiary alicyclic amines) is 1. The van der Waals surface area contributed by atoms with Crippen molar-refractivity contribution in [1.82, 2.24) is 14.5 Å².